The van der Waals surface area contributed by atoms with Crippen molar-refractivity contribution in [2.24, 2.45) is 11.8 Å². The molecular weight excluding hydrogens is 445 g/mol. The summed E-state index contributed by atoms with van der Waals surface area (Å²) in [6.07, 6.45) is 9.48. The fraction of sp³-hybridized carbons (Fsp3) is 0.357. The number of benzene rings is 1. The summed E-state index contributed by atoms with van der Waals surface area (Å²) in [5.41, 5.74) is 3.47. The Hall–Kier alpha value is -3.45. The zero-order valence-electron chi connectivity index (χ0n) is 20.2. The molecule has 0 fully saturated rings. The molecule has 6 nitrogen and oxygen atoms in total. The summed E-state index contributed by atoms with van der Waals surface area (Å²) in [7, 11) is 4.03. The number of allylic oxidation sites excluding steroid dienone is 3. The Balaban J connectivity index is 1.52. The highest BCUT2D eigenvalue weighted by molar-refractivity contribution is 5.85. The quantitative estimate of drug-likeness (QED) is 0.480. The maximum absolute atomic E-state index is 14.1. The molecule has 4 rings (SSSR count). The molecule has 2 unspecified atom stereocenters. The maximum atomic E-state index is 14.1. The van der Waals surface area contributed by atoms with Gasteiger partial charge >= 0.3 is 5.97 Å². The lowest BCUT2D eigenvalue weighted by molar-refractivity contribution is -0.135. The first-order valence-electron chi connectivity index (χ1n) is 12.0. The minimum atomic E-state index is -0.892. The van der Waals surface area contributed by atoms with Gasteiger partial charge in [-0.3, -0.25) is 4.79 Å². The topological polar surface area (TPSA) is 74.7 Å². The molecule has 0 spiro atoms. The summed E-state index contributed by atoms with van der Waals surface area (Å²) < 4.78 is 20.3. The van der Waals surface area contributed by atoms with Crippen molar-refractivity contribution in [3.8, 4) is 0 Å². The predicted molar refractivity (Wildman–Crippen MR) is 135 cm³/mol. The molecule has 0 aliphatic heterocycles. The number of aliphatic carboxylic acids is 1. The van der Waals surface area contributed by atoms with Crippen LogP contribution in [0.1, 0.15) is 24.0 Å². The molecule has 1 aromatic carbocycles. The number of ether oxygens (including phenoxy) is 1. The van der Waals surface area contributed by atoms with Crippen molar-refractivity contribution in [1.29, 1.82) is 0 Å². The van der Waals surface area contributed by atoms with Crippen LogP contribution in [0.4, 0.5) is 10.2 Å². The third-order valence-corrected chi connectivity index (χ3v) is 6.21. The summed E-state index contributed by atoms with van der Waals surface area (Å²) in [6, 6.07) is 10.4. The fourth-order valence-corrected chi connectivity index (χ4v) is 4.71. The number of nitrogens with zero attached hydrogens (tertiary/aromatic N) is 2. The van der Waals surface area contributed by atoms with Crippen LogP contribution in [0.5, 0.6) is 0 Å². The Kier molecular flexibility index (Phi) is 7.98. The van der Waals surface area contributed by atoms with Gasteiger partial charge in [0.15, 0.2) is 0 Å². The van der Waals surface area contributed by atoms with Crippen molar-refractivity contribution in [2.45, 2.75) is 19.3 Å². The lowest BCUT2D eigenvalue weighted by atomic mass is 9.81. The third kappa shape index (κ3) is 6.57. The van der Waals surface area contributed by atoms with Crippen LogP contribution in [0.15, 0.2) is 72.2 Å². The SMILES string of the molecule is CN(C)CC1=CC2C=C(CC(=O)O)c3ccc(F)cc3CC2C=C1OCCCNc1ccccn1. The first kappa shape index (κ1) is 24.7. The van der Waals surface area contributed by atoms with Gasteiger partial charge in [-0.25, -0.2) is 9.37 Å². The van der Waals surface area contributed by atoms with Crippen molar-refractivity contribution in [3.63, 3.8) is 0 Å². The van der Waals surface area contributed by atoms with Gasteiger partial charge in [-0.1, -0.05) is 24.3 Å². The lowest BCUT2D eigenvalue weighted by Crippen LogP contribution is -2.24. The van der Waals surface area contributed by atoms with Gasteiger partial charge in [-0.05, 0) is 79.9 Å². The van der Waals surface area contributed by atoms with Gasteiger partial charge in [-0.2, -0.15) is 0 Å². The van der Waals surface area contributed by atoms with Gasteiger partial charge in [0, 0.05) is 30.8 Å². The van der Waals surface area contributed by atoms with Gasteiger partial charge in [0.25, 0.3) is 0 Å². The number of aromatic nitrogens is 1. The van der Waals surface area contributed by atoms with Crippen LogP contribution in [-0.2, 0) is 16.0 Å². The number of carbonyl (C=O) groups is 1. The zero-order chi connectivity index (χ0) is 24.8. The standard InChI is InChI=1S/C28H32FN3O3/c1-32(2)18-23-14-19-12-22(17-28(33)34)25-8-7-24(29)15-21(25)13-20(19)16-26(23)35-11-5-10-31-27-6-3-4-9-30-27/h3-4,6-9,12,14-16,19-20H,5,10-11,13,17-18H2,1-2H3,(H,30,31)(H,33,34). The van der Waals surface area contributed by atoms with Crippen LogP contribution in [-0.4, -0.2) is 54.8 Å². The van der Waals surface area contributed by atoms with E-state index < -0.39 is 5.97 Å². The van der Waals surface area contributed by atoms with Crippen molar-refractivity contribution in [2.75, 3.05) is 39.1 Å². The van der Waals surface area contributed by atoms with E-state index in [1.54, 1.807) is 12.3 Å². The number of pyridine rings is 1. The fourth-order valence-electron chi connectivity index (χ4n) is 4.71. The number of anilines is 1. The molecule has 184 valence electrons. The number of nitrogens with one attached hydrogen (secondary N) is 1. The average molecular weight is 478 g/mol. The van der Waals surface area contributed by atoms with Crippen LogP contribution in [0, 0.1) is 17.7 Å². The monoisotopic (exact) mass is 477 g/mol. The molecular formula is C28H32FN3O3. The molecule has 2 aliphatic rings. The molecule has 0 radical (unpaired) electrons. The van der Waals surface area contributed by atoms with Gasteiger partial charge in [-0.15, -0.1) is 0 Å². The van der Waals surface area contributed by atoms with E-state index in [1.807, 2.05) is 38.4 Å². The molecule has 2 aliphatic carbocycles. The Morgan fingerprint density at radius 2 is 2.03 bits per heavy atom. The van der Waals surface area contributed by atoms with Gasteiger partial charge in [0.05, 0.1) is 13.0 Å². The molecule has 0 saturated heterocycles. The molecule has 2 aromatic rings. The Morgan fingerprint density at radius 1 is 1.20 bits per heavy atom. The Labute approximate surface area is 205 Å². The number of halogens is 1. The van der Waals surface area contributed by atoms with Crippen molar-refractivity contribution < 1.29 is 19.0 Å². The van der Waals surface area contributed by atoms with E-state index in [0.717, 1.165) is 46.8 Å². The van der Waals surface area contributed by atoms with Gasteiger partial charge in [0.2, 0.25) is 0 Å². The number of hydrogen-bond donors (Lipinski definition) is 2. The largest absolute Gasteiger partial charge is 0.494 e. The summed E-state index contributed by atoms with van der Waals surface area (Å²) in [5.74, 6) is 0.580. The average Bonchev–Trinajstić information content (AvgIpc) is 2.94. The van der Waals surface area contributed by atoms with Gasteiger partial charge in [0.1, 0.15) is 17.4 Å². The second-order valence-electron chi connectivity index (χ2n) is 9.31. The Morgan fingerprint density at radius 3 is 2.77 bits per heavy atom. The Bertz CT molecular complexity index is 1140. The maximum Gasteiger partial charge on any atom is 0.307 e. The van der Waals surface area contributed by atoms with E-state index in [9.17, 15) is 14.3 Å². The molecule has 0 amide bonds. The lowest BCUT2D eigenvalue weighted by Gasteiger charge is -2.28. The second kappa shape index (κ2) is 11.3. The first-order valence-corrected chi connectivity index (χ1v) is 12.0. The number of likely N-dealkylation sites (N-methyl/N-ethyl adjacent to an activating group) is 1. The van der Waals surface area contributed by atoms with E-state index in [1.165, 1.54) is 12.1 Å². The zero-order valence-corrected chi connectivity index (χ0v) is 20.2. The van der Waals surface area contributed by atoms with Crippen LogP contribution >= 0.6 is 0 Å². The second-order valence-corrected chi connectivity index (χ2v) is 9.31. The molecule has 1 aromatic heterocycles. The minimum Gasteiger partial charge on any atom is -0.494 e. The number of carboxylic acid groups (broad SMARTS) is 1. The number of hydrogen-bond acceptors (Lipinski definition) is 5. The third-order valence-electron chi connectivity index (χ3n) is 6.21. The van der Waals surface area contributed by atoms with Crippen LogP contribution in [0.3, 0.4) is 0 Å². The summed E-state index contributed by atoms with van der Waals surface area (Å²) in [4.78, 5) is 17.9. The van der Waals surface area contributed by atoms with Crippen LogP contribution in [0.25, 0.3) is 5.57 Å². The van der Waals surface area contributed by atoms with E-state index in [-0.39, 0.29) is 24.1 Å². The summed E-state index contributed by atoms with van der Waals surface area (Å²) >= 11 is 0. The van der Waals surface area contributed by atoms with E-state index >= 15 is 0 Å². The highest BCUT2D eigenvalue weighted by Crippen LogP contribution is 2.39. The van der Waals surface area contributed by atoms with E-state index in [4.69, 9.17) is 4.74 Å². The first-order chi connectivity index (χ1) is 16.9. The molecule has 0 saturated carbocycles. The predicted octanol–water partition coefficient (Wildman–Crippen LogP) is 4.77. The van der Waals surface area contributed by atoms with Crippen LogP contribution in [0.2, 0.25) is 0 Å². The number of fused-ring (bicyclic) bond motifs is 2. The molecule has 2 N–H and O–H groups in total. The van der Waals surface area contributed by atoms with E-state index in [2.05, 4.69) is 27.4 Å². The molecule has 0 bridgehead atoms. The molecule has 2 atom stereocenters. The van der Waals surface area contributed by atoms with E-state index in [0.29, 0.717) is 19.6 Å². The summed E-state index contributed by atoms with van der Waals surface area (Å²) in [6.45, 7) is 2.01. The molecule has 1 heterocycles. The van der Waals surface area contributed by atoms with Crippen molar-refractivity contribution in [3.05, 3.63) is 89.1 Å². The summed E-state index contributed by atoms with van der Waals surface area (Å²) in [5, 5.41) is 12.8. The number of rotatable bonds is 10. The molecule has 7 heteroatoms. The normalized spacial score (nSPS) is 19.0. The smallest absolute Gasteiger partial charge is 0.307 e. The van der Waals surface area contributed by atoms with Gasteiger partial charge < -0.3 is 20.1 Å². The van der Waals surface area contributed by atoms with Crippen molar-refractivity contribution in [1.82, 2.24) is 9.88 Å². The number of carboxylic acids is 1. The van der Waals surface area contributed by atoms with Crippen molar-refractivity contribution >= 4 is 17.4 Å². The highest BCUT2D eigenvalue weighted by Gasteiger charge is 2.29. The molecule has 35 heavy (non-hydrogen) atoms. The minimum absolute atomic E-state index is 0.0212. The van der Waals surface area contributed by atoms with Crippen LogP contribution < -0.4 is 5.32 Å². The highest BCUT2D eigenvalue weighted by atomic mass is 19.1.